The highest BCUT2D eigenvalue weighted by atomic mass is 16.3. The monoisotopic (exact) mass is 328 g/mol. The number of carbonyl (C=O) groups is 1. The highest BCUT2D eigenvalue weighted by molar-refractivity contribution is 5.97. The largest absolute Gasteiger partial charge is 0.507 e. The molecule has 1 aliphatic rings. The van der Waals surface area contributed by atoms with Crippen molar-refractivity contribution in [3.8, 4) is 5.75 Å². The van der Waals surface area contributed by atoms with Crippen LogP contribution >= 0.6 is 0 Å². The number of nitrogens with zero attached hydrogens (tertiary/aromatic N) is 1. The van der Waals surface area contributed by atoms with Gasteiger partial charge in [0.05, 0.1) is 17.9 Å². The first-order chi connectivity index (χ1) is 11.6. The molecule has 1 amide bonds. The van der Waals surface area contributed by atoms with Crippen LogP contribution in [0.15, 0.2) is 34.9 Å². The van der Waals surface area contributed by atoms with Crippen LogP contribution in [0.25, 0.3) is 0 Å². The maximum Gasteiger partial charge on any atom is 0.255 e. The number of amides is 1. The van der Waals surface area contributed by atoms with Gasteiger partial charge < -0.3 is 14.8 Å². The number of carbonyl (C=O) groups excluding carboxylic acids is 1. The number of aryl methyl sites for hydroxylation is 2. The van der Waals surface area contributed by atoms with E-state index in [2.05, 4.69) is 5.32 Å². The average molecular weight is 328 g/mol. The minimum Gasteiger partial charge on any atom is -0.507 e. The van der Waals surface area contributed by atoms with Crippen LogP contribution < -0.4 is 5.32 Å². The Hall–Kier alpha value is -2.27. The van der Waals surface area contributed by atoms with E-state index in [9.17, 15) is 9.90 Å². The van der Waals surface area contributed by atoms with E-state index >= 15 is 0 Å². The number of hydrogen-bond donors (Lipinski definition) is 2. The summed E-state index contributed by atoms with van der Waals surface area (Å²) in [4.78, 5) is 14.5. The molecule has 0 fully saturated rings. The van der Waals surface area contributed by atoms with E-state index < -0.39 is 0 Å². The van der Waals surface area contributed by atoms with E-state index in [0.717, 1.165) is 37.0 Å². The summed E-state index contributed by atoms with van der Waals surface area (Å²) >= 11 is 0. The van der Waals surface area contributed by atoms with E-state index in [0.29, 0.717) is 12.1 Å². The smallest absolute Gasteiger partial charge is 0.255 e. The maximum absolute atomic E-state index is 12.5. The van der Waals surface area contributed by atoms with E-state index in [1.807, 2.05) is 37.2 Å². The molecule has 1 unspecified atom stereocenters. The highest BCUT2D eigenvalue weighted by Crippen LogP contribution is 2.28. The van der Waals surface area contributed by atoms with Crippen molar-refractivity contribution in [2.24, 2.45) is 0 Å². The molecule has 0 spiro atoms. The molecule has 2 aromatic rings. The average Bonchev–Trinajstić information content (AvgIpc) is 3.08. The van der Waals surface area contributed by atoms with E-state index in [1.165, 1.54) is 5.56 Å². The minimum absolute atomic E-state index is 0.0521. The van der Waals surface area contributed by atoms with E-state index in [1.54, 1.807) is 12.3 Å². The second kappa shape index (κ2) is 7.09. The van der Waals surface area contributed by atoms with Crippen LogP contribution in [-0.2, 0) is 12.8 Å². The standard InChI is InChI=1S/C19H24N2O3/c1-21(2)16(18-8-5-9-24-18)12-20-19(23)15-10-13-6-3-4-7-14(13)11-17(15)22/h5,8-11,16,22H,3-4,6-7,12H2,1-2H3,(H,20,23). The van der Waals surface area contributed by atoms with Gasteiger partial charge in [-0.05, 0) is 75.2 Å². The molecule has 0 radical (unpaired) electrons. The van der Waals surface area contributed by atoms with Crippen LogP contribution in [0.4, 0.5) is 0 Å². The molecule has 128 valence electrons. The second-order valence-corrected chi connectivity index (χ2v) is 6.55. The van der Waals surface area contributed by atoms with E-state index in [4.69, 9.17) is 4.42 Å². The lowest BCUT2D eigenvalue weighted by atomic mass is 9.90. The Morgan fingerprint density at radius 1 is 1.29 bits per heavy atom. The Morgan fingerprint density at radius 3 is 2.62 bits per heavy atom. The summed E-state index contributed by atoms with van der Waals surface area (Å²) in [5.41, 5.74) is 2.70. The lowest BCUT2D eigenvalue weighted by Crippen LogP contribution is -2.34. The molecule has 0 aliphatic heterocycles. The van der Waals surface area contributed by atoms with Crippen LogP contribution in [0.2, 0.25) is 0 Å². The lowest BCUT2D eigenvalue weighted by molar-refractivity contribution is 0.0936. The van der Waals surface area contributed by atoms with Gasteiger partial charge in [0.1, 0.15) is 11.5 Å². The first kappa shape index (κ1) is 16.6. The Bertz CT molecular complexity index is 708. The third-order valence-electron chi connectivity index (χ3n) is 4.66. The summed E-state index contributed by atoms with van der Waals surface area (Å²) in [6.45, 7) is 0.413. The van der Waals surface area contributed by atoms with Crippen LogP contribution in [0.5, 0.6) is 5.75 Å². The van der Waals surface area contributed by atoms with Gasteiger partial charge in [0, 0.05) is 6.54 Å². The van der Waals surface area contributed by atoms with Gasteiger partial charge in [-0.2, -0.15) is 0 Å². The number of nitrogens with one attached hydrogen (secondary N) is 1. The molecular weight excluding hydrogens is 304 g/mol. The molecule has 0 saturated carbocycles. The molecular formula is C19H24N2O3. The molecule has 1 aromatic heterocycles. The number of rotatable bonds is 5. The SMILES string of the molecule is CN(C)C(CNC(=O)c1cc2c(cc1O)CCCC2)c1ccco1. The summed E-state index contributed by atoms with van der Waals surface area (Å²) < 4.78 is 5.45. The predicted molar refractivity (Wildman–Crippen MR) is 92.2 cm³/mol. The van der Waals surface area contributed by atoms with Gasteiger partial charge in [0.2, 0.25) is 0 Å². The first-order valence-electron chi connectivity index (χ1n) is 8.39. The predicted octanol–water partition coefficient (Wildman–Crippen LogP) is 2.90. The molecule has 5 nitrogen and oxygen atoms in total. The number of furan rings is 1. The van der Waals surface area contributed by atoms with Gasteiger partial charge in [0.25, 0.3) is 5.91 Å². The fourth-order valence-corrected chi connectivity index (χ4v) is 3.26. The van der Waals surface area contributed by atoms with Gasteiger partial charge in [-0.15, -0.1) is 0 Å². The van der Waals surface area contributed by atoms with Crippen LogP contribution in [-0.4, -0.2) is 36.6 Å². The van der Waals surface area contributed by atoms with Gasteiger partial charge in [-0.3, -0.25) is 9.69 Å². The van der Waals surface area contributed by atoms with Crippen molar-refractivity contribution < 1.29 is 14.3 Å². The zero-order chi connectivity index (χ0) is 17.1. The number of aromatic hydroxyl groups is 1. The molecule has 3 rings (SSSR count). The van der Waals surface area contributed by atoms with Crippen molar-refractivity contribution in [2.75, 3.05) is 20.6 Å². The summed E-state index contributed by atoms with van der Waals surface area (Å²) in [6, 6.07) is 7.27. The highest BCUT2D eigenvalue weighted by Gasteiger charge is 2.21. The molecule has 0 bridgehead atoms. The quantitative estimate of drug-likeness (QED) is 0.886. The zero-order valence-corrected chi connectivity index (χ0v) is 14.2. The minimum atomic E-state index is -0.251. The van der Waals surface area contributed by atoms with Gasteiger partial charge in [-0.1, -0.05) is 0 Å². The van der Waals surface area contributed by atoms with Crippen molar-refractivity contribution in [3.05, 3.63) is 53.0 Å². The van der Waals surface area contributed by atoms with Crippen LogP contribution in [0, 0.1) is 0 Å². The molecule has 1 aliphatic carbocycles. The lowest BCUT2D eigenvalue weighted by Gasteiger charge is -2.23. The Balaban J connectivity index is 1.73. The maximum atomic E-state index is 12.5. The van der Waals surface area contributed by atoms with Crippen LogP contribution in [0.3, 0.4) is 0 Å². The topological polar surface area (TPSA) is 65.7 Å². The summed E-state index contributed by atoms with van der Waals surface area (Å²) in [6.07, 6.45) is 5.86. The van der Waals surface area contributed by atoms with Crippen LogP contribution in [0.1, 0.15) is 46.1 Å². The van der Waals surface area contributed by atoms with Crippen molar-refractivity contribution in [1.82, 2.24) is 10.2 Å². The third-order valence-corrected chi connectivity index (χ3v) is 4.66. The fraction of sp³-hybridized carbons (Fsp3) is 0.421. The number of phenolic OH excluding ortho intramolecular Hbond substituents is 1. The molecule has 0 saturated heterocycles. The van der Waals surface area contributed by atoms with Gasteiger partial charge in [0.15, 0.2) is 0 Å². The molecule has 1 aromatic carbocycles. The number of hydrogen-bond acceptors (Lipinski definition) is 4. The second-order valence-electron chi connectivity index (χ2n) is 6.55. The Kier molecular flexibility index (Phi) is 4.90. The first-order valence-corrected chi connectivity index (χ1v) is 8.39. The van der Waals surface area contributed by atoms with Gasteiger partial charge >= 0.3 is 0 Å². The molecule has 24 heavy (non-hydrogen) atoms. The molecule has 2 N–H and O–H groups in total. The van der Waals surface area contributed by atoms with Crippen molar-refractivity contribution in [1.29, 1.82) is 0 Å². The zero-order valence-electron chi connectivity index (χ0n) is 14.2. The van der Waals surface area contributed by atoms with Gasteiger partial charge in [-0.25, -0.2) is 0 Å². The normalized spacial score (nSPS) is 15.1. The number of likely N-dealkylation sites (N-methyl/N-ethyl adjacent to an activating group) is 1. The van der Waals surface area contributed by atoms with Crippen molar-refractivity contribution in [2.45, 2.75) is 31.7 Å². The molecule has 5 heteroatoms. The third kappa shape index (κ3) is 3.46. The van der Waals surface area contributed by atoms with E-state index in [-0.39, 0.29) is 17.7 Å². The summed E-state index contributed by atoms with van der Waals surface area (Å²) in [5, 5.41) is 13.1. The Morgan fingerprint density at radius 2 is 2.00 bits per heavy atom. The molecule has 1 atom stereocenters. The van der Waals surface area contributed by atoms with Crippen molar-refractivity contribution in [3.63, 3.8) is 0 Å². The van der Waals surface area contributed by atoms with Crippen molar-refractivity contribution >= 4 is 5.91 Å². The number of benzene rings is 1. The summed E-state index contributed by atoms with van der Waals surface area (Å²) in [7, 11) is 3.88. The molecule has 1 heterocycles. The summed E-state index contributed by atoms with van der Waals surface area (Å²) in [5.74, 6) is 0.613. The number of fused-ring (bicyclic) bond motifs is 1. The Labute approximate surface area is 142 Å². The fourth-order valence-electron chi connectivity index (χ4n) is 3.26. The number of phenols is 1.